The zero-order chi connectivity index (χ0) is 16.7. The number of benzene rings is 1. The molecule has 0 saturated heterocycles. The lowest BCUT2D eigenvalue weighted by Crippen LogP contribution is -2.42. The zero-order valence-corrected chi connectivity index (χ0v) is 13.9. The number of hydrogen-bond acceptors (Lipinski definition) is 3. The Morgan fingerprint density at radius 2 is 2.08 bits per heavy atom. The summed E-state index contributed by atoms with van der Waals surface area (Å²) in [5.41, 5.74) is 2.15. The van der Waals surface area contributed by atoms with Crippen LogP contribution in [0.2, 0.25) is 0 Å². The summed E-state index contributed by atoms with van der Waals surface area (Å²) < 4.78 is 0. The Hall–Kier alpha value is -2.63. The van der Waals surface area contributed by atoms with Crippen LogP contribution < -0.4 is 5.32 Å². The molecule has 0 radical (unpaired) electrons. The predicted molar refractivity (Wildman–Crippen MR) is 91.5 cm³/mol. The molecule has 4 rings (SSSR count). The minimum Gasteiger partial charge on any atom is -0.345 e. The van der Waals surface area contributed by atoms with Crippen LogP contribution in [-0.2, 0) is 16.8 Å². The van der Waals surface area contributed by atoms with Crippen LogP contribution in [0.1, 0.15) is 49.9 Å². The number of fused-ring (bicyclic) bond motifs is 1. The fourth-order valence-electron chi connectivity index (χ4n) is 2.90. The van der Waals surface area contributed by atoms with E-state index in [1.54, 1.807) is 6.20 Å². The highest BCUT2D eigenvalue weighted by atomic mass is 16.1. The summed E-state index contributed by atoms with van der Waals surface area (Å²) in [5, 5.41) is 3.06. The van der Waals surface area contributed by atoms with Crippen LogP contribution >= 0.6 is 0 Å². The Balaban J connectivity index is 1.46. The van der Waals surface area contributed by atoms with E-state index in [-0.39, 0.29) is 5.91 Å². The molecule has 6 heteroatoms. The minimum atomic E-state index is -0.574. The fraction of sp³-hybridized carbons (Fsp3) is 0.389. The van der Waals surface area contributed by atoms with Gasteiger partial charge in [-0.1, -0.05) is 12.1 Å². The Bertz CT molecular complexity index is 855. The van der Waals surface area contributed by atoms with Gasteiger partial charge < -0.3 is 15.3 Å². The molecular formula is C18H21N5O. The van der Waals surface area contributed by atoms with Crippen molar-refractivity contribution < 1.29 is 4.79 Å². The van der Waals surface area contributed by atoms with Crippen molar-refractivity contribution in [2.24, 2.45) is 0 Å². The second-order valence-electron chi connectivity index (χ2n) is 7.02. The van der Waals surface area contributed by atoms with Crippen LogP contribution in [0, 0.1) is 0 Å². The second-order valence-corrected chi connectivity index (χ2v) is 7.02. The topological polar surface area (TPSA) is 86.5 Å². The molecule has 3 N–H and O–H groups in total. The molecule has 1 aliphatic carbocycles. The lowest BCUT2D eigenvalue weighted by Gasteiger charge is -2.23. The monoisotopic (exact) mass is 323 g/mol. The number of imidazole rings is 2. The number of carbonyl (C=O) groups excluding carboxylic acids is 1. The first-order valence-electron chi connectivity index (χ1n) is 8.31. The number of carbonyl (C=O) groups is 1. The van der Waals surface area contributed by atoms with E-state index in [0.717, 1.165) is 28.4 Å². The first-order valence-corrected chi connectivity index (χ1v) is 8.31. The van der Waals surface area contributed by atoms with E-state index >= 15 is 0 Å². The average Bonchev–Trinajstić information content (AvgIpc) is 3.11. The van der Waals surface area contributed by atoms with Gasteiger partial charge in [0.05, 0.1) is 23.0 Å². The van der Waals surface area contributed by atoms with Gasteiger partial charge in [0.1, 0.15) is 11.6 Å². The van der Waals surface area contributed by atoms with Crippen molar-refractivity contribution in [1.82, 2.24) is 25.3 Å². The van der Waals surface area contributed by atoms with Gasteiger partial charge in [-0.15, -0.1) is 0 Å². The Labute approximate surface area is 140 Å². The van der Waals surface area contributed by atoms with Gasteiger partial charge in [0.15, 0.2) is 0 Å². The van der Waals surface area contributed by atoms with Gasteiger partial charge >= 0.3 is 0 Å². The van der Waals surface area contributed by atoms with Crippen LogP contribution in [0.5, 0.6) is 0 Å². The van der Waals surface area contributed by atoms with Crippen molar-refractivity contribution in [1.29, 1.82) is 0 Å². The normalized spacial score (nSPS) is 14.9. The number of aromatic amines is 2. The lowest BCUT2D eigenvalue weighted by molar-refractivity contribution is -0.122. The maximum atomic E-state index is 12.4. The van der Waals surface area contributed by atoms with Crippen molar-refractivity contribution in [3.05, 3.63) is 47.8 Å². The SMILES string of the molecule is CC(C)(NC(=O)Cc1cnc(C2CC2)[nH]1)c1nc2ccccc2[nH]1. The van der Waals surface area contributed by atoms with E-state index in [4.69, 9.17) is 0 Å². The third-order valence-corrected chi connectivity index (χ3v) is 4.40. The number of rotatable bonds is 5. The number of nitrogens with zero attached hydrogens (tertiary/aromatic N) is 2. The van der Waals surface area contributed by atoms with Gasteiger partial charge in [-0.3, -0.25) is 4.79 Å². The standard InChI is InChI=1S/C18H21N5O/c1-18(2,17-21-13-5-3-4-6-14(13)22-17)23-15(24)9-12-10-19-16(20-12)11-7-8-11/h3-6,10-11H,7-9H2,1-2H3,(H,19,20)(H,21,22)(H,23,24). The highest BCUT2D eigenvalue weighted by molar-refractivity contribution is 5.79. The van der Waals surface area contributed by atoms with Crippen molar-refractivity contribution in [3.63, 3.8) is 0 Å². The number of hydrogen-bond donors (Lipinski definition) is 3. The molecule has 6 nitrogen and oxygen atoms in total. The van der Waals surface area contributed by atoms with Gasteiger partial charge in [0, 0.05) is 17.8 Å². The van der Waals surface area contributed by atoms with Crippen molar-refractivity contribution in [2.75, 3.05) is 0 Å². The molecule has 1 saturated carbocycles. The molecule has 2 aromatic heterocycles. The largest absolute Gasteiger partial charge is 0.345 e. The van der Waals surface area contributed by atoms with Crippen LogP contribution in [0.15, 0.2) is 30.5 Å². The number of aromatic nitrogens is 4. The molecule has 0 spiro atoms. The lowest BCUT2D eigenvalue weighted by atomic mass is 10.0. The Morgan fingerprint density at radius 1 is 1.29 bits per heavy atom. The van der Waals surface area contributed by atoms with Gasteiger partial charge in [-0.2, -0.15) is 0 Å². The van der Waals surface area contributed by atoms with Crippen LogP contribution in [0.4, 0.5) is 0 Å². The number of amides is 1. The van der Waals surface area contributed by atoms with Gasteiger partial charge in [-0.25, -0.2) is 9.97 Å². The minimum absolute atomic E-state index is 0.0496. The summed E-state index contributed by atoms with van der Waals surface area (Å²) in [6, 6.07) is 7.85. The molecule has 1 aromatic carbocycles. The zero-order valence-electron chi connectivity index (χ0n) is 13.9. The maximum absolute atomic E-state index is 12.4. The molecule has 124 valence electrons. The third kappa shape index (κ3) is 2.91. The fourth-order valence-corrected chi connectivity index (χ4v) is 2.90. The van der Waals surface area contributed by atoms with Gasteiger partial charge in [0.25, 0.3) is 0 Å². The smallest absolute Gasteiger partial charge is 0.226 e. The summed E-state index contributed by atoms with van der Waals surface area (Å²) in [5.74, 6) is 2.27. The molecule has 0 aliphatic heterocycles. The first kappa shape index (κ1) is 14.9. The molecule has 24 heavy (non-hydrogen) atoms. The highest BCUT2D eigenvalue weighted by Gasteiger charge is 2.28. The summed E-state index contributed by atoms with van der Waals surface area (Å²) in [6.07, 6.45) is 4.45. The third-order valence-electron chi connectivity index (χ3n) is 4.40. The van der Waals surface area contributed by atoms with E-state index in [0.29, 0.717) is 12.3 Å². The van der Waals surface area contributed by atoms with Crippen molar-refractivity contribution in [2.45, 2.75) is 44.6 Å². The van der Waals surface area contributed by atoms with E-state index < -0.39 is 5.54 Å². The molecular weight excluding hydrogens is 302 g/mol. The molecule has 0 unspecified atom stereocenters. The first-order chi connectivity index (χ1) is 11.5. The quantitative estimate of drug-likeness (QED) is 0.675. The molecule has 0 atom stereocenters. The molecule has 1 fully saturated rings. The van der Waals surface area contributed by atoms with Crippen LogP contribution in [0.25, 0.3) is 11.0 Å². The highest BCUT2D eigenvalue weighted by Crippen LogP contribution is 2.38. The molecule has 2 heterocycles. The number of H-pyrrole nitrogens is 2. The maximum Gasteiger partial charge on any atom is 0.226 e. The van der Waals surface area contributed by atoms with E-state index in [1.807, 2.05) is 38.1 Å². The van der Waals surface area contributed by atoms with Crippen molar-refractivity contribution in [3.8, 4) is 0 Å². The van der Waals surface area contributed by atoms with Gasteiger partial charge in [-0.05, 0) is 38.8 Å². The van der Waals surface area contributed by atoms with Gasteiger partial charge in [0.2, 0.25) is 5.91 Å². The number of nitrogens with one attached hydrogen (secondary N) is 3. The summed E-state index contributed by atoms with van der Waals surface area (Å²) in [7, 11) is 0. The molecule has 1 aliphatic rings. The summed E-state index contributed by atoms with van der Waals surface area (Å²) in [6.45, 7) is 3.90. The average molecular weight is 323 g/mol. The van der Waals surface area contributed by atoms with E-state index in [1.165, 1.54) is 12.8 Å². The molecule has 3 aromatic rings. The predicted octanol–water partition coefficient (Wildman–Crippen LogP) is 2.76. The van der Waals surface area contributed by atoms with Crippen LogP contribution in [0.3, 0.4) is 0 Å². The Morgan fingerprint density at radius 3 is 2.83 bits per heavy atom. The summed E-state index contributed by atoms with van der Waals surface area (Å²) in [4.78, 5) is 27.9. The van der Waals surface area contributed by atoms with E-state index in [2.05, 4.69) is 25.3 Å². The summed E-state index contributed by atoms with van der Waals surface area (Å²) >= 11 is 0. The second kappa shape index (κ2) is 5.47. The number of para-hydroxylation sites is 2. The molecule has 0 bridgehead atoms. The van der Waals surface area contributed by atoms with E-state index in [9.17, 15) is 4.79 Å². The van der Waals surface area contributed by atoms with Crippen molar-refractivity contribution >= 4 is 16.9 Å². The Kier molecular flexibility index (Phi) is 3.40. The van der Waals surface area contributed by atoms with Crippen LogP contribution in [-0.4, -0.2) is 25.8 Å². The molecule has 1 amide bonds.